The van der Waals surface area contributed by atoms with Gasteiger partial charge in [-0.3, -0.25) is 14.9 Å². The minimum Gasteiger partial charge on any atom is -0.378 e. The molecule has 1 saturated heterocycles. The number of nitrogens with one attached hydrogen (secondary N) is 1. The molecule has 4 amide bonds. The number of amides is 4. The van der Waals surface area contributed by atoms with Crippen LogP contribution < -0.4 is 14.4 Å². The molecule has 1 heterocycles. The van der Waals surface area contributed by atoms with E-state index in [9.17, 15) is 22.8 Å². The smallest absolute Gasteiger partial charge is 0.339 e. The quantitative estimate of drug-likeness (QED) is 0.290. The fourth-order valence-corrected chi connectivity index (χ4v) is 4.66. The highest BCUT2D eigenvalue weighted by molar-refractivity contribution is 7.87. The Morgan fingerprint density at radius 3 is 2.37 bits per heavy atom. The summed E-state index contributed by atoms with van der Waals surface area (Å²) < 4.78 is 30.7. The second-order valence-electron chi connectivity index (χ2n) is 7.37. The number of hydrogen-bond donors (Lipinski definition) is 1. The number of imide groups is 2. The van der Waals surface area contributed by atoms with Crippen molar-refractivity contribution >= 4 is 62.9 Å². The third-order valence-electron chi connectivity index (χ3n) is 5.08. The standard InChI is InChI=1S/C24H16Cl2N2O6S/c1-14-19(26)8-5-9-20(14)28-23(30)18(22(29)27-24(28)31)13-15-12-16(25)10-11-21(15)34-35(32,33)17-6-3-2-4-7-17/h2-13H,1H3,(H,27,29,31)/b18-13+. The van der Waals surface area contributed by atoms with Crippen molar-refractivity contribution in [3.63, 3.8) is 0 Å². The van der Waals surface area contributed by atoms with E-state index in [0.717, 1.165) is 11.0 Å². The highest BCUT2D eigenvalue weighted by Gasteiger charge is 2.38. The first-order valence-electron chi connectivity index (χ1n) is 10.0. The first-order valence-corrected chi connectivity index (χ1v) is 12.2. The Labute approximate surface area is 210 Å². The minimum absolute atomic E-state index is 0.0348. The van der Waals surface area contributed by atoms with Crippen molar-refractivity contribution in [2.45, 2.75) is 11.8 Å². The largest absolute Gasteiger partial charge is 0.378 e. The average molecular weight is 531 g/mol. The molecule has 0 aliphatic carbocycles. The van der Waals surface area contributed by atoms with Crippen molar-refractivity contribution in [3.8, 4) is 5.75 Å². The van der Waals surface area contributed by atoms with Crippen LogP contribution in [-0.2, 0) is 19.7 Å². The summed E-state index contributed by atoms with van der Waals surface area (Å²) in [6, 6.07) is 15.2. The first kappa shape index (κ1) is 24.5. The molecule has 1 aliphatic heterocycles. The Morgan fingerprint density at radius 2 is 1.66 bits per heavy atom. The van der Waals surface area contributed by atoms with E-state index in [0.29, 0.717) is 10.6 Å². The van der Waals surface area contributed by atoms with Crippen LogP contribution in [-0.4, -0.2) is 26.3 Å². The fraction of sp³-hybridized carbons (Fsp3) is 0.0417. The summed E-state index contributed by atoms with van der Waals surface area (Å²) in [5.41, 5.74) is 0.237. The summed E-state index contributed by atoms with van der Waals surface area (Å²) in [6.07, 6.45) is 1.11. The van der Waals surface area contributed by atoms with Gasteiger partial charge in [0.15, 0.2) is 0 Å². The van der Waals surface area contributed by atoms with Crippen LogP contribution in [0.5, 0.6) is 5.75 Å². The van der Waals surface area contributed by atoms with Crippen LogP contribution in [0.25, 0.3) is 6.08 Å². The molecule has 3 aromatic rings. The fourth-order valence-electron chi connectivity index (χ4n) is 3.33. The molecule has 0 radical (unpaired) electrons. The van der Waals surface area contributed by atoms with Gasteiger partial charge in [-0.25, -0.2) is 9.69 Å². The van der Waals surface area contributed by atoms with Gasteiger partial charge in [-0.15, -0.1) is 0 Å². The lowest BCUT2D eigenvalue weighted by atomic mass is 10.1. The maximum absolute atomic E-state index is 13.3. The number of benzene rings is 3. The number of nitrogens with zero attached hydrogens (tertiary/aromatic N) is 1. The van der Waals surface area contributed by atoms with Crippen molar-refractivity contribution in [3.05, 3.63) is 93.5 Å². The van der Waals surface area contributed by atoms with Gasteiger partial charge in [0, 0.05) is 15.6 Å². The van der Waals surface area contributed by atoms with Crippen LogP contribution in [0.1, 0.15) is 11.1 Å². The topological polar surface area (TPSA) is 110 Å². The molecule has 0 aromatic heterocycles. The van der Waals surface area contributed by atoms with E-state index in [1.54, 1.807) is 25.1 Å². The van der Waals surface area contributed by atoms with E-state index < -0.39 is 33.5 Å². The number of halogens is 2. The number of rotatable bonds is 5. The van der Waals surface area contributed by atoms with Crippen molar-refractivity contribution < 1.29 is 27.0 Å². The first-order chi connectivity index (χ1) is 16.6. The molecule has 35 heavy (non-hydrogen) atoms. The molecule has 0 saturated carbocycles. The molecule has 4 rings (SSSR count). The van der Waals surface area contributed by atoms with Crippen LogP contribution in [0.15, 0.2) is 77.2 Å². The molecule has 178 valence electrons. The zero-order valence-electron chi connectivity index (χ0n) is 18.0. The second-order valence-corrected chi connectivity index (χ2v) is 9.76. The predicted octanol–water partition coefficient (Wildman–Crippen LogP) is 4.74. The zero-order valence-corrected chi connectivity index (χ0v) is 20.3. The van der Waals surface area contributed by atoms with Crippen LogP contribution in [0.2, 0.25) is 10.0 Å². The van der Waals surface area contributed by atoms with Crippen molar-refractivity contribution in [2.75, 3.05) is 4.90 Å². The van der Waals surface area contributed by atoms with Crippen LogP contribution in [0.3, 0.4) is 0 Å². The van der Waals surface area contributed by atoms with E-state index in [4.69, 9.17) is 27.4 Å². The molecule has 0 bridgehead atoms. The van der Waals surface area contributed by atoms with Crippen molar-refractivity contribution in [2.24, 2.45) is 0 Å². The van der Waals surface area contributed by atoms with Crippen LogP contribution >= 0.6 is 23.2 Å². The Hall–Kier alpha value is -3.66. The van der Waals surface area contributed by atoms with Gasteiger partial charge in [0.05, 0.1) is 5.69 Å². The molecule has 1 N–H and O–H groups in total. The van der Waals surface area contributed by atoms with E-state index in [1.807, 2.05) is 0 Å². The van der Waals surface area contributed by atoms with Crippen molar-refractivity contribution in [1.82, 2.24) is 5.32 Å². The number of anilines is 1. The van der Waals surface area contributed by atoms with E-state index >= 15 is 0 Å². The molecule has 1 aliphatic rings. The highest BCUT2D eigenvalue weighted by atomic mass is 35.5. The minimum atomic E-state index is -4.23. The Balaban J connectivity index is 1.78. The number of hydrogen-bond acceptors (Lipinski definition) is 6. The van der Waals surface area contributed by atoms with Crippen LogP contribution in [0.4, 0.5) is 10.5 Å². The van der Waals surface area contributed by atoms with Gasteiger partial charge in [0.1, 0.15) is 16.2 Å². The number of urea groups is 1. The number of carbonyl (C=O) groups excluding carboxylic acids is 3. The molecule has 0 spiro atoms. The van der Waals surface area contributed by atoms with Gasteiger partial charge in [-0.2, -0.15) is 8.42 Å². The molecule has 0 unspecified atom stereocenters. The monoisotopic (exact) mass is 530 g/mol. The summed E-state index contributed by atoms with van der Waals surface area (Å²) in [5.74, 6) is -2.07. The lowest BCUT2D eigenvalue weighted by molar-refractivity contribution is -0.122. The molecular formula is C24H16Cl2N2O6S. The normalized spacial score (nSPS) is 15.3. The van der Waals surface area contributed by atoms with E-state index in [1.165, 1.54) is 48.5 Å². The maximum Gasteiger partial charge on any atom is 0.339 e. The van der Waals surface area contributed by atoms with Gasteiger partial charge in [0.2, 0.25) is 0 Å². The summed E-state index contributed by atoms with van der Waals surface area (Å²) in [4.78, 5) is 39.1. The van der Waals surface area contributed by atoms with Gasteiger partial charge < -0.3 is 4.18 Å². The van der Waals surface area contributed by atoms with Gasteiger partial charge in [-0.05, 0) is 61.0 Å². The highest BCUT2D eigenvalue weighted by Crippen LogP contribution is 2.32. The molecule has 1 fully saturated rings. The number of carbonyl (C=O) groups is 3. The molecular weight excluding hydrogens is 515 g/mol. The number of barbiturate groups is 1. The summed E-state index contributed by atoms with van der Waals surface area (Å²) >= 11 is 12.2. The van der Waals surface area contributed by atoms with E-state index in [-0.39, 0.29) is 26.9 Å². The summed E-state index contributed by atoms with van der Waals surface area (Å²) in [5, 5.41) is 2.63. The lowest BCUT2D eigenvalue weighted by Crippen LogP contribution is -2.54. The maximum atomic E-state index is 13.3. The van der Waals surface area contributed by atoms with E-state index in [2.05, 4.69) is 5.32 Å². The average Bonchev–Trinajstić information content (AvgIpc) is 2.81. The van der Waals surface area contributed by atoms with Gasteiger partial charge in [0.25, 0.3) is 11.8 Å². The summed E-state index contributed by atoms with van der Waals surface area (Å²) in [6.45, 7) is 1.62. The van der Waals surface area contributed by atoms with Gasteiger partial charge in [-0.1, -0.05) is 47.5 Å². The third-order valence-corrected chi connectivity index (χ3v) is 6.98. The predicted molar refractivity (Wildman–Crippen MR) is 131 cm³/mol. The molecule has 8 nitrogen and oxygen atoms in total. The second kappa shape index (κ2) is 9.53. The van der Waals surface area contributed by atoms with Crippen LogP contribution in [0, 0.1) is 6.92 Å². The Kier molecular flexibility index (Phi) is 6.66. The lowest BCUT2D eigenvalue weighted by Gasteiger charge is -2.27. The summed E-state index contributed by atoms with van der Waals surface area (Å²) in [7, 11) is -4.23. The van der Waals surface area contributed by atoms with Crippen molar-refractivity contribution in [1.29, 1.82) is 0 Å². The Bertz CT molecular complexity index is 1500. The molecule has 0 atom stereocenters. The third kappa shape index (κ3) is 4.93. The Morgan fingerprint density at radius 1 is 0.943 bits per heavy atom. The zero-order chi connectivity index (χ0) is 25.3. The molecule has 11 heteroatoms. The molecule has 3 aromatic carbocycles. The SMILES string of the molecule is Cc1c(Cl)cccc1N1C(=O)NC(=O)/C(=C\c2cc(Cl)ccc2OS(=O)(=O)c2ccccc2)C1=O. The van der Waals surface area contributed by atoms with Gasteiger partial charge >= 0.3 is 16.1 Å².